The molecule has 7 nitrogen and oxygen atoms in total. The lowest BCUT2D eigenvalue weighted by Gasteiger charge is -2.29. The Morgan fingerprint density at radius 3 is 2.31 bits per heavy atom. The predicted molar refractivity (Wildman–Crippen MR) is 162 cm³/mol. The number of rotatable bonds is 10. The molecule has 2 N–H and O–H groups in total. The second-order valence-electron chi connectivity index (χ2n) is 10.0. The molecule has 0 aliphatic heterocycles. The summed E-state index contributed by atoms with van der Waals surface area (Å²) in [4.78, 5) is 11.9. The average molecular weight is 605 g/mol. The molecular weight excluding hydrogens is 573 g/mol. The number of sulfonamides is 1. The number of aromatic nitrogens is 2. The first-order chi connectivity index (χ1) is 18.8. The Labute approximate surface area is 243 Å². The molecule has 0 spiro atoms. The van der Waals surface area contributed by atoms with Crippen molar-refractivity contribution >= 4 is 67.2 Å². The molecule has 0 amide bonds. The van der Waals surface area contributed by atoms with Gasteiger partial charge in [0.05, 0.1) is 9.85 Å². The van der Waals surface area contributed by atoms with Crippen LogP contribution in [0.2, 0.25) is 8.67 Å². The topological polar surface area (TPSA) is 87.2 Å². The van der Waals surface area contributed by atoms with E-state index < -0.39 is 10.0 Å². The number of thiophene rings is 1. The Morgan fingerprint density at radius 1 is 0.949 bits per heavy atom. The molecule has 206 valence electrons. The summed E-state index contributed by atoms with van der Waals surface area (Å²) in [5.41, 5.74) is 2.13. The van der Waals surface area contributed by atoms with Crippen LogP contribution in [0.5, 0.6) is 0 Å². The van der Waals surface area contributed by atoms with E-state index in [1.54, 1.807) is 0 Å². The third kappa shape index (κ3) is 7.02. The van der Waals surface area contributed by atoms with Crippen LogP contribution in [0.15, 0.2) is 65.6 Å². The van der Waals surface area contributed by atoms with E-state index in [1.807, 2.05) is 36.4 Å². The average Bonchev–Trinajstić information content (AvgIpc) is 3.30. The molecule has 2 aromatic carbocycles. The number of nitrogens with zero attached hydrogens (tertiary/aromatic N) is 3. The maximum atomic E-state index is 12.6. The molecular formula is C28H31Cl2N5O2S2. The Bertz CT molecular complexity index is 1520. The van der Waals surface area contributed by atoms with Gasteiger partial charge >= 0.3 is 0 Å². The molecule has 0 atom stereocenters. The van der Waals surface area contributed by atoms with E-state index in [4.69, 9.17) is 33.2 Å². The van der Waals surface area contributed by atoms with Gasteiger partial charge < -0.3 is 10.2 Å². The lowest BCUT2D eigenvalue weighted by atomic mass is 9.82. The van der Waals surface area contributed by atoms with Gasteiger partial charge in [0, 0.05) is 32.1 Å². The Hall–Kier alpha value is -2.43. The van der Waals surface area contributed by atoms with Gasteiger partial charge in [-0.25, -0.2) is 18.1 Å². The molecule has 4 aromatic rings. The van der Waals surface area contributed by atoms with Crippen LogP contribution in [0.1, 0.15) is 31.2 Å². The number of hydrogen-bond acceptors (Lipinski definition) is 7. The third-order valence-corrected chi connectivity index (χ3v) is 10.4. The van der Waals surface area contributed by atoms with E-state index in [-0.39, 0.29) is 9.23 Å². The molecule has 1 aliphatic rings. The fraction of sp³-hybridized carbons (Fsp3) is 0.357. The number of benzene rings is 2. The quantitative estimate of drug-likeness (QED) is 0.206. The lowest BCUT2D eigenvalue weighted by molar-refractivity contribution is 0.284. The molecule has 39 heavy (non-hydrogen) atoms. The van der Waals surface area contributed by atoms with E-state index in [1.165, 1.54) is 11.6 Å². The van der Waals surface area contributed by atoms with Crippen LogP contribution < -0.4 is 14.9 Å². The molecule has 5 rings (SSSR count). The molecule has 11 heteroatoms. The summed E-state index contributed by atoms with van der Waals surface area (Å²) in [7, 11) is -1.61. The maximum Gasteiger partial charge on any atom is 0.242 e. The number of fused-ring (bicyclic) bond motifs is 1. The number of hydrogen-bond donors (Lipinski definition) is 2. The van der Waals surface area contributed by atoms with Crippen LogP contribution in [-0.2, 0) is 16.6 Å². The summed E-state index contributed by atoms with van der Waals surface area (Å²) in [5, 5.41) is 4.50. The molecule has 1 aliphatic carbocycles. The van der Waals surface area contributed by atoms with Crippen molar-refractivity contribution in [2.75, 3.05) is 30.4 Å². The first kappa shape index (κ1) is 28.1. The number of halogens is 2. The second kappa shape index (κ2) is 12.4. The summed E-state index contributed by atoms with van der Waals surface area (Å²) >= 11 is 13.0. The van der Waals surface area contributed by atoms with Gasteiger partial charge in [0.2, 0.25) is 16.0 Å². The van der Waals surface area contributed by atoms with Gasteiger partial charge in [-0.3, -0.25) is 0 Å². The summed E-state index contributed by atoms with van der Waals surface area (Å²) in [6.45, 7) is 1.93. The Balaban J connectivity index is 1.17. The van der Waals surface area contributed by atoms with E-state index in [0.29, 0.717) is 28.7 Å². The highest BCUT2D eigenvalue weighted by atomic mass is 35.5. The predicted octanol–water partition coefficient (Wildman–Crippen LogP) is 6.83. The molecule has 0 radical (unpaired) electrons. The largest absolute Gasteiger partial charge is 0.355 e. The van der Waals surface area contributed by atoms with Gasteiger partial charge in [-0.1, -0.05) is 65.7 Å². The number of nitrogens with one attached hydrogen (secondary N) is 2. The zero-order valence-corrected chi connectivity index (χ0v) is 24.8. The summed E-state index contributed by atoms with van der Waals surface area (Å²) in [6.07, 6.45) is 3.94. The van der Waals surface area contributed by atoms with Crippen LogP contribution in [0.3, 0.4) is 0 Å². The van der Waals surface area contributed by atoms with Crippen LogP contribution >= 0.6 is 34.5 Å². The van der Waals surface area contributed by atoms with Crippen molar-refractivity contribution in [1.29, 1.82) is 0 Å². The fourth-order valence-electron chi connectivity index (χ4n) is 5.05. The molecule has 2 aromatic heterocycles. The molecule has 0 saturated heterocycles. The van der Waals surface area contributed by atoms with Crippen molar-refractivity contribution in [2.24, 2.45) is 11.8 Å². The maximum absolute atomic E-state index is 12.6. The van der Waals surface area contributed by atoms with Crippen LogP contribution in [0, 0.1) is 11.8 Å². The van der Waals surface area contributed by atoms with Crippen molar-refractivity contribution in [3.63, 3.8) is 0 Å². The first-order valence-electron chi connectivity index (χ1n) is 13.0. The van der Waals surface area contributed by atoms with Crippen LogP contribution in [-0.4, -0.2) is 38.5 Å². The van der Waals surface area contributed by atoms with Gasteiger partial charge in [-0.15, -0.1) is 11.3 Å². The third-order valence-electron chi connectivity index (χ3n) is 7.20. The van der Waals surface area contributed by atoms with Crippen molar-refractivity contribution in [2.45, 2.75) is 37.1 Å². The second-order valence-corrected chi connectivity index (χ2v) is 14.1. The standard InChI is InChI=1S/C28H31Cl2N5O2S2/c1-35(18-21-7-3-2-4-8-21)27-22-9-5-6-10-23(22)33-28(34-27)31-16-19-11-13-20(14-12-19)17-32-39(36,37)24-15-25(29)38-26(24)30/h2-10,15,19-20,32H,11-14,16-18H2,1H3,(H,31,33,34). The van der Waals surface area contributed by atoms with Gasteiger partial charge in [0.15, 0.2) is 0 Å². The van der Waals surface area contributed by atoms with Crippen molar-refractivity contribution < 1.29 is 8.42 Å². The van der Waals surface area contributed by atoms with E-state index in [2.05, 4.69) is 40.2 Å². The van der Waals surface area contributed by atoms with E-state index in [0.717, 1.165) is 66.8 Å². The Morgan fingerprint density at radius 2 is 1.62 bits per heavy atom. The molecule has 1 saturated carbocycles. The minimum atomic E-state index is -3.67. The molecule has 0 bridgehead atoms. The van der Waals surface area contributed by atoms with Gasteiger partial charge in [-0.05, 0) is 61.3 Å². The van der Waals surface area contributed by atoms with Crippen molar-refractivity contribution in [3.8, 4) is 0 Å². The zero-order valence-electron chi connectivity index (χ0n) is 21.6. The summed E-state index contributed by atoms with van der Waals surface area (Å²) in [5.74, 6) is 2.29. The number of para-hydroxylation sites is 1. The normalized spacial score (nSPS) is 17.8. The lowest BCUT2D eigenvalue weighted by Crippen LogP contribution is -2.32. The minimum absolute atomic E-state index is 0.0567. The fourth-order valence-corrected chi connectivity index (χ4v) is 8.31. The first-order valence-corrected chi connectivity index (χ1v) is 16.0. The SMILES string of the molecule is CN(Cc1ccccc1)c1nc(NCC2CCC(CNS(=O)(=O)c3cc(Cl)sc3Cl)CC2)nc2ccccc12. The summed E-state index contributed by atoms with van der Waals surface area (Å²) < 4.78 is 28.5. The van der Waals surface area contributed by atoms with Crippen molar-refractivity contribution in [3.05, 3.63) is 74.9 Å². The minimum Gasteiger partial charge on any atom is -0.355 e. The van der Waals surface area contributed by atoms with Crippen molar-refractivity contribution in [1.82, 2.24) is 14.7 Å². The van der Waals surface area contributed by atoms with Crippen LogP contribution in [0.25, 0.3) is 10.9 Å². The highest BCUT2D eigenvalue weighted by molar-refractivity contribution is 7.89. The van der Waals surface area contributed by atoms with E-state index in [9.17, 15) is 8.42 Å². The zero-order chi connectivity index (χ0) is 27.4. The van der Waals surface area contributed by atoms with Gasteiger partial charge in [-0.2, -0.15) is 4.98 Å². The summed E-state index contributed by atoms with van der Waals surface area (Å²) in [6, 6.07) is 19.9. The van der Waals surface area contributed by atoms with Gasteiger partial charge in [0.25, 0.3) is 0 Å². The smallest absolute Gasteiger partial charge is 0.242 e. The highest BCUT2D eigenvalue weighted by Gasteiger charge is 2.25. The molecule has 1 fully saturated rings. The van der Waals surface area contributed by atoms with E-state index >= 15 is 0 Å². The molecule has 2 heterocycles. The monoisotopic (exact) mass is 603 g/mol. The highest BCUT2D eigenvalue weighted by Crippen LogP contribution is 2.35. The van der Waals surface area contributed by atoms with Crippen LogP contribution in [0.4, 0.5) is 11.8 Å². The molecule has 0 unspecified atom stereocenters. The van der Waals surface area contributed by atoms with Gasteiger partial charge in [0.1, 0.15) is 15.0 Å². The Kier molecular flexibility index (Phi) is 8.93. The number of anilines is 2.